The first-order valence-electron chi connectivity index (χ1n) is 6.10. The number of alkyl halides is 1. The smallest absolute Gasteiger partial charge is 0.243 e. The zero-order valence-corrected chi connectivity index (χ0v) is 12.4. The van der Waals surface area contributed by atoms with Crippen molar-refractivity contribution in [3.63, 3.8) is 0 Å². The number of aromatic nitrogens is 1. The van der Waals surface area contributed by atoms with Crippen molar-refractivity contribution in [3.8, 4) is 11.3 Å². The second-order valence-corrected chi connectivity index (χ2v) is 5.71. The maximum atomic E-state index is 11.5. The van der Waals surface area contributed by atoms with E-state index in [0.717, 1.165) is 17.7 Å². The number of aryl methyl sites for hydroxylation is 1. The highest BCUT2D eigenvalue weighted by Gasteiger charge is 2.12. The van der Waals surface area contributed by atoms with E-state index in [-0.39, 0.29) is 5.91 Å². The molecule has 1 heterocycles. The Balaban J connectivity index is 2.13. The third-order valence-electron chi connectivity index (χ3n) is 2.75. The maximum absolute atomic E-state index is 11.5. The molecule has 5 heteroatoms. The number of rotatable bonds is 4. The molecule has 100 valence electrons. The van der Waals surface area contributed by atoms with Gasteiger partial charge in [0.1, 0.15) is 5.38 Å². The lowest BCUT2D eigenvalue weighted by molar-refractivity contribution is -0.115. The van der Waals surface area contributed by atoms with E-state index >= 15 is 0 Å². The highest BCUT2D eigenvalue weighted by molar-refractivity contribution is 7.14. The molecule has 0 aliphatic heterocycles. The average Bonchev–Trinajstić information content (AvgIpc) is 2.87. The summed E-state index contributed by atoms with van der Waals surface area (Å²) in [6.07, 6.45) is 1.02. The average molecular weight is 295 g/mol. The predicted octanol–water partition coefficient (Wildman–Crippen LogP) is 3.94. The SMILES string of the molecule is CCc1ccc(-c2csc(NC(=O)[C@H](C)Cl)n2)cc1. The molecule has 0 saturated heterocycles. The van der Waals surface area contributed by atoms with Crippen LogP contribution in [0.15, 0.2) is 29.6 Å². The summed E-state index contributed by atoms with van der Waals surface area (Å²) in [7, 11) is 0. The molecule has 0 fully saturated rings. The van der Waals surface area contributed by atoms with E-state index in [1.54, 1.807) is 6.92 Å². The fourth-order valence-electron chi connectivity index (χ4n) is 1.58. The van der Waals surface area contributed by atoms with E-state index in [4.69, 9.17) is 11.6 Å². The van der Waals surface area contributed by atoms with Crippen molar-refractivity contribution >= 4 is 34.0 Å². The molecule has 0 unspecified atom stereocenters. The molecule has 0 bridgehead atoms. The first-order valence-corrected chi connectivity index (χ1v) is 7.41. The van der Waals surface area contributed by atoms with Crippen LogP contribution in [-0.4, -0.2) is 16.3 Å². The van der Waals surface area contributed by atoms with Crippen LogP contribution in [0.2, 0.25) is 0 Å². The molecule has 1 N–H and O–H groups in total. The molecule has 3 nitrogen and oxygen atoms in total. The van der Waals surface area contributed by atoms with E-state index in [2.05, 4.69) is 29.4 Å². The lowest BCUT2D eigenvalue weighted by Crippen LogP contribution is -2.20. The summed E-state index contributed by atoms with van der Waals surface area (Å²) >= 11 is 7.10. The zero-order valence-electron chi connectivity index (χ0n) is 10.8. The fourth-order valence-corrected chi connectivity index (χ4v) is 2.36. The molecule has 19 heavy (non-hydrogen) atoms. The highest BCUT2D eigenvalue weighted by Crippen LogP contribution is 2.25. The van der Waals surface area contributed by atoms with Gasteiger partial charge in [0.2, 0.25) is 5.91 Å². The Hall–Kier alpha value is -1.39. The molecule has 2 rings (SSSR count). The summed E-state index contributed by atoms with van der Waals surface area (Å²) in [5, 5.41) is 4.63. The predicted molar refractivity (Wildman–Crippen MR) is 80.9 cm³/mol. The molecule has 1 aromatic carbocycles. The molecule has 0 spiro atoms. The molecular formula is C14H15ClN2OS. The van der Waals surface area contributed by atoms with Gasteiger partial charge in [-0.25, -0.2) is 4.98 Å². The van der Waals surface area contributed by atoms with Crippen LogP contribution < -0.4 is 5.32 Å². The summed E-state index contributed by atoms with van der Waals surface area (Å²) < 4.78 is 0. The van der Waals surface area contributed by atoms with Crippen LogP contribution in [-0.2, 0) is 11.2 Å². The van der Waals surface area contributed by atoms with Crippen LogP contribution in [0.5, 0.6) is 0 Å². The van der Waals surface area contributed by atoms with Crippen LogP contribution in [0.1, 0.15) is 19.4 Å². The number of nitrogens with zero attached hydrogens (tertiary/aromatic N) is 1. The normalized spacial score (nSPS) is 12.2. The Morgan fingerprint density at radius 2 is 2.11 bits per heavy atom. The monoisotopic (exact) mass is 294 g/mol. The largest absolute Gasteiger partial charge is 0.301 e. The Morgan fingerprint density at radius 3 is 2.68 bits per heavy atom. The summed E-state index contributed by atoms with van der Waals surface area (Å²) in [4.78, 5) is 15.9. The molecule has 0 saturated carbocycles. The lowest BCUT2D eigenvalue weighted by atomic mass is 10.1. The Kier molecular flexibility index (Phi) is 4.56. The number of anilines is 1. The Bertz CT molecular complexity index is 563. The summed E-state index contributed by atoms with van der Waals surface area (Å²) in [5.74, 6) is -0.233. The molecule has 0 aliphatic carbocycles. The van der Waals surface area contributed by atoms with E-state index < -0.39 is 5.38 Å². The number of hydrogen-bond acceptors (Lipinski definition) is 3. The van der Waals surface area contributed by atoms with Gasteiger partial charge >= 0.3 is 0 Å². The van der Waals surface area contributed by atoms with Crippen LogP contribution in [0.3, 0.4) is 0 Å². The first kappa shape index (κ1) is 14.0. The van der Waals surface area contributed by atoms with Crippen molar-refractivity contribution in [3.05, 3.63) is 35.2 Å². The van der Waals surface area contributed by atoms with Gasteiger partial charge in [-0.1, -0.05) is 31.2 Å². The fraction of sp³-hybridized carbons (Fsp3) is 0.286. The minimum Gasteiger partial charge on any atom is -0.301 e. The second-order valence-electron chi connectivity index (χ2n) is 4.19. The minimum atomic E-state index is -0.559. The summed E-state index contributed by atoms with van der Waals surface area (Å²) in [6.45, 7) is 3.76. The first-order chi connectivity index (χ1) is 9.10. The third-order valence-corrected chi connectivity index (χ3v) is 3.71. The van der Waals surface area contributed by atoms with Gasteiger partial charge in [-0.15, -0.1) is 22.9 Å². The van der Waals surface area contributed by atoms with Crippen molar-refractivity contribution in [2.75, 3.05) is 5.32 Å². The van der Waals surface area contributed by atoms with Gasteiger partial charge in [0.15, 0.2) is 5.13 Å². The molecule has 0 aliphatic rings. The van der Waals surface area contributed by atoms with Crippen LogP contribution >= 0.6 is 22.9 Å². The van der Waals surface area contributed by atoms with Crippen molar-refractivity contribution in [2.24, 2.45) is 0 Å². The van der Waals surface area contributed by atoms with Gasteiger partial charge in [0.25, 0.3) is 0 Å². The number of amides is 1. The van der Waals surface area contributed by atoms with E-state index in [1.165, 1.54) is 16.9 Å². The van der Waals surface area contributed by atoms with Crippen molar-refractivity contribution in [1.29, 1.82) is 0 Å². The molecule has 1 aromatic heterocycles. The quantitative estimate of drug-likeness (QED) is 0.868. The molecule has 1 amide bonds. The summed E-state index contributed by atoms with van der Waals surface area (Å²) in [5.41, 5.74) is 3.21. The topological polar surface area (TPSA) is 42.0 Å². The third kappa shape index (κ3) is 3.55. The number of halogens is 1. The minimum absolute atomic E-state index is 0.233. The van der Waals surface area contributed by atoms with E-state index in [0.29, 0.717) is 5.13 Å². The number of carbonyl (C=O) groups is 1. The number of thiazole rings is 1. The van der Waals surface area contributed by atoms with Gasteiger partial charge in [0, 0.05) is 10.9 Å². The highest BCUT2D eigenvalue weighted by atomic mass is 35.5. The van der Waals surface area contributed by atoms with Gasteiger partial charge < -0.3 is 5.32 Å². The van der Waals surface area contributed by atoms with Gasteiger partial charge in [-0.3, -0.25) is 4.79 Å². The van der Waals surface area contributed by atoms with E-state index in [1.807, 2.05) is 17.5 Å². The standard InChI is InChI=1S/C14H15ClN2OS/c1-3-10-4-6-11(7-5-10)12-8-19-14(16-12)17-13(18)9(2)15/h4-9H,3H2,1-2H3,(H,16,17,18)/t9-/m0/s1. The number of benzene rings is 1. The second kappa shape index (κ2) is 6.17. The van der Waals surface area contributed by atoms with Crippen molar-refractivity contribution in [2.45, 2.75) is 25.6 Å². The Labute approximate surface area is 121 Å². The lowest BCUT2D eigenvalue weighted by Gasteiger charge is -2.02. The van der Waals surface area contributed by atoms with Crippen LogP contribution in [0.25, 0.3) is 11.3 Å². The molecular weight excluding hydrogens is 280 g/mol. The molecule has 0 radical (unpaired) electrons. The number of nitrogens with one attached hydrogen (secondary N) is 1. The van der Waals surface area contributed by atoms with Crippen molar-refractivity contribution in [1.82, 2.24) is 4.98 Å². The van der Waals surface area contributed by atoms with Crippen molar-refractivity contribution < 1.29 is 4.79 Å². The van der Waals surface area contributed by atoms with Gasteiger partial charge in [-0.05, 0) is 18.9 Å². The van der Waals surface area contributed by atoms with Crippen LogP contribution in [0.4, 0.5) is 5.13 Å². The number of carbonyl (C=O) groups excluding carboxylic acids is 1. The maximum Gasteiger partial charge on any atom is 0.243 e. The molecule has 2 aromatic rings. The summed E-state index contributed by atoms with van der Waals surface area (Å²) in [6, 6.07) is 8.27. The number of hydrogen-bond donors (Lipinski definition) is 1. The van der Waals surface area contributed by atoms with Crippen LogP contribution in [0, 0.1) is 0 Å². The zero-order chi connectivity index (χ0) is 13.8. The van der Waals surface area contributed by atoms with Gasteiger partial charge in [-0.2, -0.15) is 0 Å². The van der Waals surface area contributed by atoms with E-state index in [9.17, 15) is 4.79 Å². The Morgan fingerprint density at radius 1 is 1.42 bits per heavy atom. The van der Waals surface area contributed by atoms with Gasteiger partial charge in [0.05, 0.1) is 5.69 Å². The molecule has 1 atom stereocenters.